The van der Waals surface area contributed by atoms with Crippen LogP contribution >= 0.6 is 0 Å². The monoisotopic (exact) mass is 495 g/mol. The first kappa shape index (κ1) is 23.9. The molecule has 4 aromatic rings. The molecule has 1 aliphatic carbocycles. The molecule has 1 saturated carbocycles. The summed E-state index contributed by atoms with van der Waals surface area (Å²) in [5.74, 6) is 1.46. The van der Waals surface area contributed by atoms with Crippen molar-refractivity contribution < 1.29 is 9.47 Å². The van der Waals surface area contributed by atoms with Crippen LogP contribution in [-0.4, -0.2) is 23.9 Å². The van der Waals surface area contributed by atoms with Gasteiger partial charge in [-0.05, 0) is 67.1 Å². The SMILES string of the molecule is CC(C)c1ccc(Nc2ccc(-c3c(N)c4ccc(OC5CCOCC5)cc4n3C3CCC3)cc2)cc1. The molecular formula is C32H37N3O2. The fraction of sp³-hybridized carbons (Fsp3) is 0.375. The summed E-state index contributed by atoms with van der Waals surface area (Å²) in [7, 11) is 0. The molecule has 0 bridgehead atoms. The van der Waals surface area contributed by atoms with Crippen molar-refractivity contribution in [3.05, 3.63) is 72.3 Å². The van der Waals surface area contributed by atoms with E-state index in [-0.39, 0.29) is 6.10 Å². The molecule has 1 aromatic heterocycles. The van der Waals surface area contributed by atoms with E-state index in [9.17, 15) is 0 Å². The van der Waals surface area contributed by atoms with Crippen molar-refractivity contribution in [1.82, 2.24) is 4.57 Å². The Balaban J connectivity index is 1.30. The first-order valence-electron chi connectivity index (χ1n) is 13.7. The molecular weight excluding hydrogens is 458 g/mol. The van der Waals surface area contributed by atoms with Crippen molar-refractivity contribution in [3.8, 4) is 17.0 Å². The van der Waals surface area contributed by atoms with Gasteiger partial charge >= 0.3 is 0 Å². The van der Waals surface area contributed by atoms with Crippen molar-refractivity contribution in [3.63, 3.8) is 0 Å². The van der Waals surface area contributed by atoms with Gasteiger partial charge in [0.1, 0.15) is 11.9 Å². The van der Waals surface area contributed by atoms with Gasteiger partial charge in [0.2, 0.25) is 0 Å². The maximum atomic E-state index is 6.83. The molecule has 0 amide bonds. The molecule has 192 valence electrons. The number of anilines is 3. The van der Waals surface area contributed by atoms with Gasteiger partial charge in [-0.2, -0.15) is 0 Å². The van der Waals surface area contributed by atoms with E-state index in [2.05, 4.69) is 90.5 Å². The molecule has 2 heterocycles. The normalized spacial score (nSPS) is 16.7. The quantitative estimate of drug-likeness (QED) is 0.272. The van der Waals surface area contributed by atoms with E-state index in [1.165, 1.54) is 30.3 Å². The highest BCUT2D eigenvalue weighted by atomic mass is 16.5. The smallest absolute Gasteiger partial charge is 0.121 e. The Hall–Kier alpha value is -3.44. The second kappa shape index (κ2) is 10.1. The van der Waals surface area contributed by atoms with Gasteiger partial charge in [0.25, 0.3) is 0 Å². The molecule has 1 saturated heterocycles. The van der Waals surface area contributed by atoms with Crippen LogP contribution in [-0.2, 0) is 4.74 Å². The van der Waals surface area contributed by atoms with Gasteiger partial charge in [-0.25, -0.2) is 0 Å². The predicted molar refractivity (Wildman–Crippen MR) is 153 cm³/mol. The Labute approximate surface area is 219 Å². The third kappa shape index (κ3) is 4.80. The molecule has 1 aliphatic heterocycles. The van der Waals surface area contributed by atoms with Crippen LogP contribution in [0.1, 0.15) is 63.5 Å². The lowest BCUT2D eigenvalue weighted by atomic mass is 9.92. The number of nitrogens with zero attached hydrogens (tertiary/aromatic N) is 1. The summed E-state index contributed by atoms with van der Waals surface area (Å²) in [4.78, 5) is 0. The average molecular weight is 496 g/mol. The molecule has 2 aliphatic rings. The zero-order valence-corrected chi connectivity index (χ0v) is 21.9. The highest BCUT2D eigenvalue weighted by Crippen LogP contribution is 2.45. The summed E-state index contributed by atoms with van der Waals surface area (Å²) >= 11 is 0. The largest absolute Gasteiger partial charge is 0.490 e. The number of nitrogen functional groups attached to an aromatic ring is 1. The maximum absolute atomic E-state index is 6.83. The van der Waals surface area contributed by atoms with E-state index in [1.807, 2.05) is 0 Å². The minimum Gasteiger partial charge on any atom is -0.490 e. The number of ether oxygens (including phenoxy) is 2. The molecule has 2 fully saturated rings. The van der Waals surface area contributed by atoms with Crippen LogP contribution < -0.4 is 15.8 Å². The Morgan fingerprint density at radius 3 is 2.19 bits per heavy atom. The minimum atomic E-state index is 0.219. The molecule has 0 spiro atoms. The van der Waals surface area contributed by atoms with Crippen LogP contribution in [0.2, 0.25) is 0 Å². The van der Waals surface area contributed by atoms with Crippen molar-refractivity contribution in [2.45, 2.75) is 64.0 Å². The van der Waals surface area contributed by atoms with Crippen LogP contribution in [0, 0.1) is 0 Å². The van der Waals surface area contributed by atoms with Gasteiger partial charge in [-0.15, -0.1) is 0 Å². The predicted octanol–water partition coefficient (Wildman–Crippen LogP) is 8.04. The molecule has 0 radical (unpaired) electrons. The number of hydrogen-bond acceptors (Lipinski definition) is 4. The summed E-state index contributed by atoms with van der Waals surface area (Å²) in [6, 6.07) is 24.2. The fourth-order valence-electron chi connectivity index (χ4n) is 5.52. The number of fused-ring (bicyclic) bond motifs is 1. The summed E-state index contributed by atoms with van der Waals surface area (Å²) in [6.45, 7) is 5.98. The molecule has 3 aromatic carbocycles. The van der Waals surface area contributed by atoms with E-state index in [0.717, 1.165) is 65.5 Å². The van der Waals surface area contributed by atoms with Crippen LogP contribution in [0.5, 0.6) is 5.75 Å². The van der Waals surface area contributed by atoms with Gasteiger partial charge in [-0.3, -0.25) is 0 Å². The van der Waals surface area contributed by atoms with Crippen molar-refractivity contribution in [1.29, 1.82) is 0 Å². The number of aromatic nitrogens is 1. The molecule has 5 heteroatoms. The average Bonchev–Trinajstić information content (AvgIpc) is 3.16. The maximum Gasteiger partial charge on any atom is 0.121 e. The first-order valence-corrected chi connectivity index (χ1v) is 13.7. The Bertz CT molecular complexity index is 1360. The van der Waals surface area contributed by atoms with E-state index in [1.54, 1.807) is 0 Å². The molecule has 37 heavy (non-hydrogen) atoms. The van der Waals surface area contributed by atoms with Crippen LogP contribution in [0.3, 0.4) is 0 Å². The lowest BCUT2D eigenvalue weighted by molar-refractivity contribution is 0.0256. The summed E-state index contributed by atoms with van der Waals surface area (Å²) in [5, 5.41) is 4.64. The van der Waals surface area contributed by atoms with Crippen molar-refractivity contribution in [2.75, 3.05) is 24.3 Å². The number of nitrogens with two attached hydrogens (primary N) is 1. The highest BCUT2D eigenvalue weighted by molar-refractivity contribution is 6.01. The first-order chi connectivity index (χ1) is 18.1. The lowest BCUT2D eigenvalue weighted by Gasteiger charge is -2.30. The highest BCUT2D eigenvalue weighted by Gasteiger charge is 2.27. The van der Waals surface area contributed by atoms with E-state index < -0.39 is 0 Å². The van der Waals surface area contributed by atoms with Crippen molar-refractivity contribution >= 4 is 28.0 Å². The van der Waals surface area contributed by atoms with Crippen molar-refractivity contribution in [2.24, 2.45) is 0 Å². The van der Waals surface area contributed by atoms with Crippen LogP contribution in [0.4, 0.5) is 17.1 Å². The van der Waals surface area contributed by atoms with Gasteiger partial charge in [-0.1, -0.05) is 38.1 Å². The number of benzene rings is 3. The van der Waals surface area contributed by atoms with Gasteiger partial charge in [0.05, 0.1) is 30.1 Å². The summed E-state index contributed by atoms with van der Waals surface area (Å²) in [5.41, 5.74) is 14.6. The lowest BCUT2D eigenvalue weighted by Crippen LogP contribution is -2.25. The molecule has 6 rings (SSSR count). The molecule has 0 atom stereocenters. The van der Waals surface area contributed by atoms with Gasteiger partial charge < -0.3 is 25.1 Å². The second-order valence-electron chi connectivity index (χ2n) is 10.8. The van der Waals surface area contributed by atoms with E-state index in [0.29, 0.717) is 12.0 Å². The van der Waals surface area contributed by atoms with Crippen LogP contribution in [0.15, 0.2) is 66.7 Å². The topological polar surface area (TPSA) is 61.4 Å². The third-order valence-electron chi connectivity index (χ3n) is 7.95. The number of rotatable bonds is 7. The molecule has 0 unspecified atom stereocenters. The third-order valence-corrected chi connectivity index (χ3v) is 7.95. The molecule has 5 nitrogen and oxygen atoms in total. The Kier molecular flexibility index (Phi) is 6.56. The zero-order chi connectivity index (χ0) is 25.4. The zero-order valence-electron chi connectivity index (χ0n) is 21.9. The Morgan fingerprint density at radius 2 is 1.57 bits per heavy atom. The van der Waals surface area contributed by atoms with Gasteiger partial charge in [0, 0.05) is 47.3 Å². The van der Waals surface area contributed by atoms with E-state index in [4.69, 9.17) is 15.2 Å². The standard InChI is InChI=1S/C32H37N3O2/c1-21(2)22-6-10-24(11-7-22)34-25-12-8-23(9-13-25)32-31(33)29-15-14-28(37-27-16-18-36-19-17-27)20-30(29)35(32)26-4-3-5-26/h6-15,20-21,26-27,34H,3-5,16-19,33H2,1-2H3. The van der Waals surface area contributed by atoms with Gasteiger partial charge in [0.15, 0.2) is 0 Å². The fourth-order valence-corrected chi connectivity index (χ4v) is 5.52. The summed E-state index contributed by atoms with van der Waals surface area (Å²) in [6.07, 6.45) is 5.74. The number of nitrogens with one attached hydrogen (secondary N) is 1. The molecule has 3 N–H and O–H groups in total. The van der Waals surface area contributed by atoms with Crippen LogP contribution in [0.25, 0.3) is 22.2 Å². The number of hydrogen-bond donors (Lipinski definition) is 2. The Morgan fingerprint density at radius 1 is 0.892 bits per heavy atom. The second-order valence-corrected chi connectivity index (χ2v) is 10.8. The summed E-state index contributed by atoms with van der Waals surface area (Å²) < 4.78 is 14.3. The van der Waals surface area contributed by atoms with E-state index >= 15 is 0 Å². The minimum absolute atomic E-state index is 0.219.